The number of allylic oxidation sites excluding steroid dienone is 2. The minimum absolute atomic E-state index is 0.0177. The molecule has 62 heavy (non-hydrogen) atoms. The van der Waals surface area contributed by atoms with Crippen molar-refractivity contribution in [3.63, 3.8) is 0 Å². The van der Waals surface area contributed by atoms with Gasteiger partial charge in [0.05, 0.1) is 11.0 Å². The summed E-state index contributed by atoms with van der Waals surface area (Å²) in [6.45, 7) is 11.6. The number of aromatic nitrogens is 2. The quantitative estimate of drug-likeness (QED) is 0.157. The largest absolute Gasteiger partial charge is 0.455 e. The van der Waals surface area contributed by atoms with Crippen molar-refractivity contribution >= 4 is 66.3 Å². The molecule has 0 radical (unpaired) electrons. The number of furan rings is 1. The highest BCUT2D eigenvalue weighted by atomic mass is 16.3. The van der Waals surface area contributed by atoms with Gasteiger partial charge >= 0.3 is 0 Å². The number of aryl methyl sites for hydroxylation is 1. The van der Waals surface area contributed by atoms with Crippen LogP contribution in [-0.4, -0.2) is 9.55 Å². The number of pyridine rings is 1. The zero-order valence-electron chi connectivity index (χ0n) is 34.9. The summed E-state index contributed by atoms with van der Waals surface area (Å²) >= 11 is 0. The molecule has 0 fully saturated rings. The lowest BCUT2D eigenvalue weighted by Gasteiger charge is -2.21. The maximum Gasteiger partial charge on any atom is 0.143 e. The van der Waals surface area contributed by atoms with E-state index >= 15 is 0 Å². The normalized spacial score (nSPS) is 13.2. The van der Waals surface area contributed by atoms with Gasteiger partial charge < -0.3 is 8.98 Å². The van der Waals surface area contributed by atoms with Gasteiger partial charge in [0.2, 0.25) is 0 Å². The van der Waals surface area contributed by atoms with E-state index in [1.54, 1.807) is 6.20 Å². The Hall–Kier alpha value is -7.75. The van der Waals surface area contributed by atoms with Crippen molar-refractivity contribution in [3.05, 3.63) is 211 Å². The van der Waals surface area contributed by atoms with Crippen molar-refractivity contribution in [1.82, 2.24) is 9.55 Å². The predicted octanol–water partition coefficient (Wildman–Crippen LogP) is 16.0. The number of nitrogens with zero attached hydrogens (tertiary/aromatic N) is 2. The van der Waals surface area contributed by atoms with E-state index in [-0.39, 0.29) is 5.41 Å². The molecule has 294 valence electrons. The molecule has 3 heteroatoms. The highest BCUT2D eigenvalue weighted by Crippen LogP contribution is 2.51. The lowest BCUT2D eigenvalue weighted by Crippen LogP contribution is -2.14. The second-order valence-corrected chi connectivity index (χ2v) is 17.3. The molecule has 0 bridgehead atoms. The van der Waals surface area contributed by atoms with Gasteiger partial charge in [-0.1, -0.05) is 142 Å². The Bertz CT molecular complexity index is 3690. The number of para-hydroxylation sites is 2. The van der Waals surface area contributed by atoms with Crippen LogP contribution in [0, 0.1) is 6.92 Å². The highest BCUT2D eigenvalue weighted by Gasteiger charge is 2.36. The van der Waals surface area contributed by atoms with Crippen LogP contribution in [0.4, 0.5) is 0 Å². The third-order valence-electron chi connectivity index (χ3n) is 13.4. The summed E-state index contributed by atoms with van der Waals surface area (Å²) in [5.74, 6) is 0. The molecule has 0 atom stereocenters. The minimum Gasteiger partial charge on any atom is -0.455 e. The van der Waals surface area contributed by atoms with Crippen molar-refractivity contribution in [3.8, 4) is 44.5 Å². The Morgan fingerprint density at radius 1 is 0.581 bits per heavy atom. The van der Waals surface area contributed by atoms with E-state index in [0.717, 1.165) is 72.0 Å². The lowest BCUT2D eigenvalue weighted by atomic mass is 9.82. The Balaban J connectivity index is 0.898. The SMILES string of the molecule is C=C(/C=C\c1cc2ccc3c(c2cc1C)-c1ccccc1C3(C)C)n1c2ccccc2c2cc(-c3ccc4oc5c(-c6cccc(-c7cccnc7)c6)cccc5c4c3)ccc21. The summed E-state index contributed by atoms with van der Waals surface area (Å²) in [5.41, 5.74) is 19.6. The molecule has 3 nitrogen and oxygen atoms in total. The summed E-state index contributed by atoms with van der Waals surface area (Å²) in [6.07, 6.45) is 8.11. The Kier molecular flexibility index (Phi) is 7.95. The maximum absolute atomic E-state index is 6.62. The summed E-state index contributed by atoms with van der Waals surface area (Å²) in [6, 6.07) is 59.4. The van der Waals surface area contributed by atoms with Crippen LogP contribution in [0.3, 0.4) is 0 Å². The van der Waals surface area contributed by atoms with E-state index in [9.17, 15) is 0 Å². The summed E-state index contributed by atoms with van der Waals surface area (Å²) in [5, 5.41) is 7.17. The number of rotatable bonds is 6. The minimum atomic E-state index is -0.0177. The fraction of sp³-hybridized carbons (Fsp3) is 0.0678. The van der Waals surface area contributed by atoms with Crippen molar-refractivity contribution in [2.24, 2.45) is 0 Å². The Labute approximate surface area is 360 Å². The zero-order chi connectivity index (χ0) is 41.7. The fourth-order valence-corrected chi connectivity index (χ4v) is 10.2. The van der Waals surface area contributed by atoms with Gasteiger partial charge in [0, 0.05) is 56.2 Å². The van der Waals surface area contributed by atoms with E-state index in [1.807, 2.05) is 12.3 Å². The first-order chi connectivity index (χ1) is 30.3. The van der Waals surface area contributed by atoms with Crippen molar-refractivity contribution in [2.45, 2.75) is 26.2 Å². The van der Waals surface area contributed by atoms with Gasteiger partial charge in [0.15, 0.2) is 0 Å². The van der Waals surface area contributed by atoms with Crippen LogP contribution in [0.25, 0.3) is 111 Å². The molecule has 3 aromatic heterocycles. The highest BCUT2D eigenvalue weighted by molar-refractivity contribution is 6.13. The molecule has 0 unspecified atom stereocenters. The topological polar surface area (TPSA) is 31.0 Å². The summed E-state index contributed by atoms with van der Waals surface area (Å²) < 4.78 is 8.92. The van der Waals surface area contributed by atoms with Crippen LogP contribution in [-0.2, 0) is 5.41 Å². The van der Waals surface area contributed by atoms with Gasteiger partial charge in [-0.15, -0.1) is 0 Å². The number of benzene rings is 8. The van der Waals surface area contributed by atoms with Gasteiger partial charge in [-0.2, -0.15) is 0 Å². The number of hydrogen-bond donors (Lipinski definition) is 0. The smallest absolute Gasteiger partial charge is 0.143 e. The molecule has 0 saturated carbocycles. The van der Waals surface area contributed by atoms with Crippen LogP contribution < -0.4 is 0 Å². The van der Waals surface area contributed by atoms with Crippen molar-refractivity contribution in [2.75, 3.05) is 0 Å². The van der Waals surface area contributed by atoms with Crippen LogP contribution >= 0.6 is 0 Å². The van der Waals surface area contributed by atoms with Crippen LogP contribution in [0.1, 0.15) is 36.1 Å². The van der Waals surface area contributed by atoms with Gasteiger partial charge in [-0.25, -0.2) is 0 Å². The van der Waals surface area contributed by atoms with E-state index < -0.39 is 0 Å². The van der Waals surface area contributed by atoms with Gasteiger partial charge in [0.25, 0.3) is 0 Å². The van der Waals surface area contributed by atoms with E-state index in [2.05, 4.69) is 207 Å². The molecule has 8 aromatic carbocycles. The zero-order valence-corrected chi connectivity index (χ0v) is 34.9. The summed E-state index contributed by atoms with van der Waals surface area (Å²) in [4.78, 5) is 4.33. The molecule has 1 aliphatic carbocycles. The van der Waals surface area contributed by atoms with Crippen LogP contribution in [0.5, 0.6) is 0 Å². The van der Waals surface area contributed by atoms with E-state index in [1.165, 1.54) is 54.9 Å². The van der Waals surface area contributed by atoms with E-state index in [4.69, 9.17) is 4.42 Å². The average Bonchev–Trinajstić information content (AvgIpc) is 3.93. The molecular weight excluding hydrogens is 753 g/mol. The summed E-state index contributed by atoms with van der Waals surface area (Å²) in [7, 11) is 0. The second kappa shape index (κ2) is 13.6. The molecule has 3 heterocycles. The maximum atomic E-state index is 6.62. The molecule has 12 rings (SSSR count). The monoisotopic (exact) mass is 794 g/mol. The van der Waals surface area contributed by atoms with Crippen LogP contribution in [0.15, 0.2) is 193 Å². The van der Waals surface area contributed by atoms with Gasteiger partial charge in [0.1, 0.15) is 11.2 Å². The first-order valence-electron chi connectivity index (χ1n) is 21.4. The average molecular weight is 795 g/mol. The Morgan fingerprint density at radius 2 is 1.31 bits per heavy atom. The van der Waals surface area contributed by atoms with Crippen molar-refractivity contribution in [1.29, 1.82) is 0 Å². The molecule has 11 aromatic rings. The lowest BCUT2D eigenvalue weighted by molar-refractivity contribution is 0.661. The molecule has 1 aliphatic rings. The van der Waals surface area contributed by atoms with Gasteiger partial charge in [-0.05, 0) is 128 Å². The first kappa shape index (κ1) is 36.1. The number of fused-ring (bicyclic) bond motifs is 11. The molecule has 0 aliphatic heterocycles. The van der Waals surface area contributed by atoms with Crippen LogP contribution in [0.2, 0.25) is 0 Å². The number of hydrogen-bond acceptors (Lipinski definition) is 2. The van der Waals surface area contributed by atoms with E-state index in [0.29, 0.717) is 0 Å². The first-order valence-corrected chi connectivity index (χ1v) is 21.4. The second-order valence-electron chi connectivity index (χ2n) is 17.3. The third-order valence-corrected chi connectivity index (χ3v) is 13.4. The van der Waals surface area contributed by atoms with Gasteiger partial charge in [-0.3, -0.25) is 4.98 Å². The third kappa shape index (κ3) is 5.48. The molecule has 0 amide bonds. The predicted molar refractivity (Wildman–Crippen MR) is 261 cm³/mol. The molecule has 0 N–H and O–H groups in total. The Morgan fingerprint density at radius 3 is 2.19 bits per heavy atom. The molecule has 0 spiro atoms. The molecular formula is C59H42N2O. The fourth-order valence-electron chi connectivity index (χ4n) is 10.2. The molecule has 0 saturated heterocycles. The van der Waals surface area contributed by atoms with Crippen molar-refractivity contribution < 1.29 is 4.42 Å². The standard InChI is InChI=1S/C59H42N2O/c1-36-30-49-43(23-26-53-57(49)48-16-5-7-19-52(48)59(53,3)4)31-38(36)22-21-37(2)61-54-20-8-6-15-46(54)50-33-40(24-27-55(50)61)41-25-28-56-51(34-41)47-18-10-17-45(58(47)62-56)42-13-9-12-39(32-42)44-14-11-29-60-35-44/h5-35H,2H2,1,3-4H3/b22-21-.